The third kappa shape index (κ3) is 4.27. The first-order chi connectivity index (χ1) is 15.3. The monoisotopic (exact) mass is 443 g/mol. The van der Waals surface area contributed by atoms with Crippen LogP contribution in [0.3, 0.4) is 0 Å². The summed E-state index contributed by atoms with van der Waals surface area (Å²) in [6.07, 6.45) is 4.79. The lowest BCUT2D eigenvalue weighted by Gasteiger charge is -2.25. The van der Waals surface area contributed by atoms with E-state index < -0.39 is 11.5 Å². The number of aromatic nitrogens is 3. The number of ether oxygens (including phenoxy) is 1. The van der Waals surface area contributed by atoms with E-state index in [4.69, 9.17) is 4.74 Å². The van der Waals surface area contributed by atoms with Gasteiger partial charge in [-0.1, -0.05) is 13.8 Å². The standard InChI is InChI=1S/C22H29N5O5/c1-13(2)12-26-20-16(6-7-17(28)25-8-10-32-11-9-25)14(3)24-27(20)22(31)18(21(26)30)19(29)23-15-4-5-15/h6-7,13,15,30H,4-5,8-12H2,1-3H3,(H,23,29)/b7-6+. The molecule has 0 unspecified atom stereocenters. The number of aromatic hydroxyl groups is 1. The molecule has 0 bridgehead atoms. The van der Waals surface area contributed by atoms with Crippen molar-refractivity contribution in [2.45, 2.75) is 46.2 Å². The molecule has 0 radical (unpaired) electrons. The van der Waals surface area contributed by atoms with Gasteiger partial charge in [-0.3, -0.25) is 19.0 Å². The second-order valence-electron chi connectivity index (χ2n) is 8.76. The number of fused-ring (bicyclic) bond motifs is 1. The van der Waals surface area contributed by atoms with Gasteiger partial charge in [-0.15, -0.1) is 0 Å². The predicted octanol–water partition coefficient (Wildman–Crippen LogP) is 0.930. The van der Waals surface area contributed by atoms with Crippen molar-refractivity contribution in [1.82, 2.24) is 24.4 Å². The van der Waals surface area contributed by atoms with Gasteiger partial charge in [0.05, 0.1) is 18.9 Å². The average Bonchev–Trinajstić information content (AvgIpc) is 3.50. The van der Waals surface area contributed by atoms with Crippen molar-refractivity contribution in [3.8, 4) is 5.88 Å². The molecule has 10 heteroatoms. The van der Waals surface area contributed by atoms with Crippen LogP contribution in [0.25, 0.3) is 11.7 Å². The second kappa shape index (κ2) is 8.78. The van der Waals surface area contributed by atoms with Crippen LogP contribution < -0.4 is 10.9 Å². The lowest BCUT2D eigenvalue weighted by atomic mass is 10.1. The van der Waals surface area contributed by atoms with Crippen LogP contribution in [0.1, 0.15) is 48.3 Å². The quantitative estimate of drug-likeness (QED) is 0.642. The first kappa shape index (κ1) is 22.1. The third-order valence-corrected chi connectivity index (χ3v) is 5.63. The molecule has 1 saturated heterocycles. The maximum atomic E-state index is 13.1. The Morgan fingerprint density at radius 1 is 1.28 bits per heavy atom. The zero-order valence-corrected chi connectivity index (χ0v) is 18.6. The number of morpholine rings is 1. The fraction of sp³-hybridized carbons (Fsp3) is 0.545. The molecule has 0 atom stereocenters. The van der Waals surface area contributed by atoms with Crippen LogP contribution in [0, 0.1) is 12.8 Å². The van der Waals surface area contributed by atoms with E-state index >= 15 is 0 Å². The SMILES string of the molecule is Cc1nn2c(=O)c(C(=O)NC3CC3)c(O)n(CC(C)C)c2c1/C=C/C(=O)N1CCOCC1. The number of amides is 2. The van der Waals surface area contributed by atoms with Crippen molar-refractivity contribution >= 4 is 23.5 Å². The minimum atomic E-state index is -0.682. The summed E-state index contributed by atoms with van der Waals surface area (Å²) in [6, 6.07) is 0.0413. The number of aryl methyl sites for hydroxylation is 1. The lowest BCUT2D eigenvalue weighted by Crippen LogP contribution is -2.39. The fourth-order valence-electron chi connectivity index (χ4n) is 3.83. The van der Waals surface area contributed by atoms with Crippen molar-refractivity contribution < 1.29 is 19.4 Å². The number of hydrogen-bond acceptors (Lipinski definition) is 6. The Morgan fingerprint density at radius 3 is 2.59 bits per heavy atom. The van der Waals surface area contributed by atoms with E-state index in [2.05, 4.69) is 10.4 Å². The van der Waals surface area contributed by atoms with Gasteiger partial charge in [0.1, 0.15) is 5.65 Å². The van der Waals surface area contributed by atoms with Crippen LogP contribution in [0.15, 0.2) is 10.9 Å². The van der Waals surface area contributed by atoms with Crippen LogP contribution in [0.2, 0.25) is 0 Å². The summed E-state index contributed by atoms with van der Waals surface area (Å²) in [5.41, 5.74) is 0.427. The largest absolute Gasteiger partial charge is 0.494 e. The van der Waals surface area contributed by atoms with Gasteiger partial charge in [0.15, 0.2) is 5.56 Å². The highest BCUT2D eigenvalue weighted by Crippen LogP contribution is 2.26. The van der Waals surface area contributed by atoms with Gasteiger partial charge in [0.2, 0.25) is 11.8 Å². The van der Waals surface area contributed by atoms with E-state index in [1.807, 2.05) is 13.8 Å². The van der Waals surface area contributed by atoms with Gasteiger partial charge in [-0.05, 0) is 31.8 Å². The normalized spacial score (nSPS) is 16.9. The minimum Gasteiger partial charge on any atom is -0.494 e. The molecule has 0 spiro atoms. The fourth-order valence-corrected chi connectivity index (χ4v) is 3.83. The van der Waals surface area contributed by atoms with Crippen LogP contribution >= 0.6 is 0 Å². The molecule has 2 fully saturated rings. The Bertz CT molecular complexity index is 1140. The summed E-state index contributed by atoms with van der Waals surface area (Å²) in [4.78, 5) is 40.1. The molecule has 1 aliphatic heterocycles. The van der Waals surface area contributed by atoms with E-state index in [1.165, 1.54) is 10.6 Å². The highest BCUT2D eigenvalue weighted by atomic mass is 16.5. The Morgan fingerprint density at radius 2 is 1.97 bits per heavy atom. The Balaban J connectivity index is 1.81. The smallest absolute Gasteiger partial charge is 0.291 e. The molecule has 2 amide bonds. The maximum absolute atomic E-state index is 13.1. The molecule has 1 aliphatic carbocycles. The topological polar surface area (TPSA) is 118 Å². The van der Waals surface area contributed by atoms with E-state index in [1.54, 1.807) is 17.9 Å². The Labute approximate surface area is 185 Å². The van der Waals surface area contributed by atoms with Gasteiger partial charge in [0, 0.05) is 37.3 Å². The van der Waals surface area contributed by atoms with Crippen molar-refractivity contribution in [1.29, 1.82) is 0 Å². The number of rotatable bonds is 6. The zero-order valence-electron chi connectivity index (χ0n) is 18.6. The summed E-state index contributed by atoms with van der Waals surface area (Å²) < 4.78 is 7.97. The van der Waals surface area contributed by atoms with Gasteiger partial charge in [0.25, 0.3) is 11.5 Å². The van der Waals surface area contributed by atoms with E-state index in [0.717, 1.165) is 17.4 Å². The summed E-state index contributed by atoms with van der Waals surface area (Å²) in [6.45, 7) is 8.09. The molecule has 0 aromatic carbocycles. The summed E-state index contributed by atoms with van der Waals surface area (Å²) in [7, 11) is 0. The average molecular weight is 444 g/mol. The van der Waals surface area contributed by atoms with Gasteiger partial charge >= 0.3 is 0 Å². The van der Waals surface area contributed by atoms with Gasteiger partial charge in [-0.2, -0.15) is 9.61 Å². The number of nitrogens with one attached hydrogen (secondary N) is 1. The first-order valence-corrected chi connectivity index (χ1v) is 11.0. The molecule has 2 aromatic rings. The number of hydrogen-bond donors (Lipinski definition) is 2. The summed E-state index contributed by atoms with van der Waals surface area (Å²) in [5, 5.41) is 18.1. The van der Waals surface area contributed by atoms with Crippen LogP contribution in [-0.2, 0) is 16.1 Å². The number of carbonyl (C=O) groups is 2. The third-order valence-electron chi connectivity index (χ3n) is 5.63. The molecular formula is C22H29N5O5. The summed E-state index contributed by atoms with van der Waals surface area (Å²) >= 11 is 0. The zero-order chi connectivity index (χ0) is 23.0. The maximum Gasteiger partial charge on any atom is 0.291 e. The molecule has 10 nitrogen and oxygen atoms in total. The molecule has 3 heterocycles. The molecule has 2 N–H and O–H groups in total. The molecule has 32 heavy (non-hydrogen) atoms. The van der Waals surface area contributed by atoms with Crippen LogP contribution in [-0.4, -0.2) is 68.3 Å². The number of carbonyl (C=O) groups excluding carboxylic acids is 2. The van der Waals surface area contributed by atoms with E-state index in [-0.39, 0.29) is 29.3 Å². The Hall–Kier alpha value is -3.14. The lowest BCUT2D eigenvalue weighted by molar-refractivity contribution is -0.129. The van der Waals surface area contributed by atoms with Crippen LogP contribution in [0.5, 0.6) is 5.88 Å². The van der Waals surface area contributed by atoms with Crippen molar-refractivity contribution in [2.24, 2.45) is 5.92 Å². The molecule has 2 aromatic heterocycles. The minimum absolute atomic E-state index is 0.0413. The van der Waals surface area contributed by atoms with Crippen molar-refractivity contribution in [2.75, 3.05) is 26.3 Å². The molecule has 4 rings (SSSR count). The van der Waals surface area contributed by atoms with E-state index in [9.17, 15) is 19.5 Å². The first-order valence-electron chi connectivity index (χ1n) is 11.0. The van der Waals surface area contributed by atoms with Crippen LogP contribution in [0.4, 0.5) is 0 Å². The highest BCUT2D eigenvalue weighted by molar-refractivity contribution is 5.97. The number of nitrogens with zero attached hydrogens (tertiary/aromatic N) is 4. The van der Waals surface area contributed by atoms with Crippen molar-refractivity contribution in [3.05, 3.63) is 33.3 Å². The summed E-state index contributed by atoms with van der Waals surface area (Å²) in [5.74, 6) is -1.02. The molecule has 2 aliphatic rings. The van der Waals surface area contributed by atoms with Gasteiger partial charge < -0.3 is 20.1 Å². The van der Waals surface area contributed by atoms with E-state index in [0.29, 0.717) is 49.8 Å². The highest BCUT2D eigenvalue weighted by Gasteiger charge is 2.30. The second-order valence-corrected chi connectivity index (χ2v) is 8.76. The predicted molar refractivity (Wildman–Crippen MR) is 118 cm³/mol. The molecular weight excluding hydrogens is 414 g/mol. The van der Waals surface area contributed by atoms with Gasteiger partial charge in [-0.25, -0.2) is 0 Å². The molecule has 1 saturated carbocycles. The van der Waals surface area contributed by atoms with Crippen molar-refractivity contribution in [3.63, 3.8) is 0 Å². The molecule has 172 valence electrons. The Kier molecular flexibility index (Phi) is 6.05.